The topological polar surface area (TPSA) is 51.6 Å². The molecule has 1 aromatic heterocycles. The number of fused-ring (bicyclic) bond motifs is 1. The maximum absolute atomic E-state index is 4.88. The molecule has 0 aromatic carbocycles. The zero-order valence-electron chi connectivity index (χ0n) is 13.7. The van der Waals surface area contributed by atoms with E-state index in [1.165, 1.54) is 18.6 Å². The van der Waals surface area contributed by atoms with E-state index in [9.17, 15) is 0 Å². The Bertz CT molecular complexity index is 480. The summed E-state index contributed by atoms with van der Waals surface area (Å²) in [4.78, 5) is 0. The molecule has 6 heteroatoms. The molecule has 21 heavy (non-hydrogen) atoms. The minimum absolute atomic E-state index is 0.0598. The fourth-order valence-electron chi connectivity index (χ4n) is 3.28. The molecule has 0 saturated carbocycles. The Balaban J connectivity index is 2.29. The molecule has 0 radical (unpaired) electrons. The van der Waals surface area contributed by atoms with E-state index in [4.69, 9.17) is 11.7 Å². The van der Waals surface area contributed by atoms with Gasteiger partial charge < -0.3 is 0 Å². The molecular weight excluding hydrogens is 300 g/mol. The quantitative estimate of drug-likeness (QED) is 0.678. The first-order valence-corrected chi connectivity index (χ1v) is 11.3. The van der Waals surface area contributed by atoms with Crippen LogP contribution in [0.25, 0.3) is 0 Å². The predicted molar refractivity (Wildman–Crippen MR) is 94.2 cm³/mol. The number of nitrogens with zero attached hydrogens (tertiary/aromatic N) is 4. The van der Waals surface area contributed by atoms with Crippen molar-refractivity contribution in [2.75, 3.05) is 17.8 Å². The van der Waals surface area contributed by atoms with Gasteiger partial charge in [-0.25, -0.2) is 0 Å². The van der Waals surface area contributed by atoms with E-state index in [1.807, 2.05) is 0 Å². The van der Waals surface area contributed by atoms with Gasteiger partial charge in [-0.3, -0.25) is 0 Å². The fraction of sp³-hybridized carbons (Fsp3) is 0.867. The molecule has 120 valence electrons. The van der Waals surface area contributed by atoms with Crippen LogP contribution in [0.4, 0.5) is 0 Å². The minimum Gasteiger partial charge on any atom is -0.199 e. The van der Waals surface area contributed by atoms with Crippen LogP contribution in [0, 0.1) is 5.92 Å². The molecule has 1 aromatic rings. The average Bonchev–Trinajstić information content (AvgIpc) is 2.44. The van der Waals surface area contributed by atoms with Crippen molar-refractivity contribution >= 4 is 20.7 Å². The molecule has 0 bridgehead atoms. The van der Waals surface area contributed by atoms with Gasteiger partial charge in [-0.15, -0.1) is 21.9 Å². The molecule has 4 nitrogen and oxygen atoms in total. The molecule has 3 unspecified atom stereocenters. The van der Waals surface area contributed by atoms with Crippen LogP contribution in [0.3, 0.4) is 0 Å². The van der Waals surface area contributed by atoms with E-state index in [1.54, 1.807) is 0 Å². The maximum Gasteiger partial charge on any atom is 0.0942 e. The van der Waals surface area contributed by atoms with Crippen molar-refractivity contribution in [1.82, 2.24) is 20.6 Å². The van der Waals surface area contributed by atoms with Crippen molar-refractivity contribution in [1.29, 1.82) is 0 Å². The van der Waals surface area contributed by atoms with Crippen LogP contribution in [-0.4, -0.2) is 38.4 Å². The van der Waals surface area contributed by atoms with Crippen LogP contribution >= 0.6 is 20.7 Å². The largest absolute Gasteiger partial charge is 0.199 e. The van der Waals surface area contributed by atoms with Crippen molar-refractivity contribution in [3.8, 4) is 0 Å². The molecule has 1 aliphatic rings. The lowest BCUT2D eigenvalue weighted by atomic mass is 9.73. The van der Waals surface area contributed by atoms with Gasteiger partial charge in [0.15, 0.2) is 0 Å². The van der Waals surface area contributed by atoms with Gasteiger partial charge in [0, 0.05) is 5.41 Å². The van der Waals surface area contributed by atoms with Gasteiger partial charge >= 0.3 is 0 Å². The highest BCUT2D eigenvalue weighted by atomic mass is 33.1. The van der Waals surface area contributed by atoms with Crippen LogP contribution in [0.5, 0.6) is 0 Å². The van der Waals surface area contributed by atoms with Crippen molar-refractivity contribution in [2.45, 2.75) is 58.3 Å². The first-order valence-electron chi connectivity index (χ1n) is 7.88. The summed E-state index contributed by atoms with van der Waals surface area (Å²) in [6.07, 6.45) is 8.01. The maximum atomic E-state index is 4.88. The standard InChI is InChI=1S/C15H28N4S2/c1-5-21(4,20)10-9-15(3)11-12(2)7-6-8-13-14(15)17-19-18-16-13/h12,20H,5-11H2,1-4H3. The predicted octanol–water partition coefficient (Wildman–Crippen LogP) is 3.58. The van der Waals surface area contributed by atoms with E-state index in [2.05, 4.69) is 47.7 Å². The van der Waals surface area contributed by atoms with Gasteiger partial charge in [-0.2, -0.15) is 9.06 Å². The van der Waals surface area contributed by atoms with E-state index in [0.29, 0.717) is 0 Å². The normalized spacial score (nSPS) is 30.6. The van der Waals surface area contributed by atoms with Gasteiger partial charge in [0.1, 0.15) is 0 Å². The Hall–Kier alpha value is -0.360. The number of hydrogen-bond acceptors (Lipinski definition) is 5. The third-order valence-electron chi connectivity index (χ3n) is 4.82. The summed E-state index contributed by atoms with van der Waals surface area (Å²) < 4.78 is 0. The Morgan fingerprint density at radius 2 is 2.05 bits per heavy atom. The van der Waals surface area contributed by atoms with E-state index >= 15 is 0 Å². The molecule has 0 spiro atoms. The number of thiol groups is 1. The third-order valence-corrected chi connectivity index (χ3v) is 8.47. The summed E-state index contributed by atoms with van der Waals surface area (Å²) in [5.74, 6) is 3.05. The van der Waals surface area contributed by atoms with Crippen LogP contribution in [0.2, 0.25) is 0 Å². The Labute approximate surface area is 135 Å². The lowest BCUT2D eigenvalue weighted by molar-refractivity contribution is 0.300. The molecule has 0 aliphatic heterocycles. The summed E-state index contributed by atoms with van der Waals surface area (Å²) in [6, 6.07) is 0. The molecule has 0 amide bonds. The fourth-order valence-corrected chi connectivity index (χ4v) is 4.73. The SMILES string of the molecule is CCS(C)(S)CCC1(C)CC(C)CCCc2nnnnc21. The zero-order chi connectivity index (χ0) is 15.5. The zero-order valence-corrected chi connectivity index (χ0v) is 15.4. The molecule has 2 rings (SSSR count). The van der Waals surface area contributed by atoms with E-state index in [0.717, 1.165) is 42.3 Å². The Morgan fingerprint density at radius 1 is 1.33 bits per heavy atom. The molecular formula is C15H28N4S2. The molecule has 0 fully saturated rings. The van der Waals surface area contributed by atoms with Gasteiger partial charge in [-0.05, 0) is 59.8 Å². The number of rotatable bonds is 4. The van der Waals surface area contributed by atoms with Gasteiger partial charge in [-0.1, -0.05) is 27.2 Å². The first kappa shape index (κ1) is 17.0. The Morgan fingerprint density at radius 3 is 2.76 bits per heavy atom. The smallest absolute Gasteiger partial charge is 0.0942 e. The second kappa shape index (κ2) is 6.82. The molecule has 1 aliphatic carbocycles. The molecule has 0 N–H and O–H groups in total. The first-order chi connectivity index (χ1) is 9.86. The Kier molecular flexibility index (Phi) is 5.52. The van der Waals surface area contributed by atoms with Crippen molar-refractivity contribution in [3.63, 3.8) is 0 Å². The molecule has 3 atom stereocenters. The van der Waals surface area contributed by atoms with E-state index in [-0.39, 0.29) is 5.41 Å². The number of hydrogen-bond donors (Lipinski definition) is 1. The summed E-state index contributed by atoms with van der Waals surface area (Å²) in [7, 11) is -0.788. The minimum atomic E-state index is -0.788. The summed E-state index contributed by atoms with van der Waals surface area (Å²) in [5.41, 5.74) is 2.21. The van der Waals surface area contributed by atoms with Crippen LogP contribution in [-0.2, 0) is 11.8 Å². The summed E-state index contributed by atoms with van der Waals surface area (Å²) >= 11 is 4.88. The number of aryl methyl sites for hydroxylation is 1. The molecule has 1 heterocycles. The average molecular weight is 329 g/mol. The second-order valence-electron chi connectivity index (χ2n) is 6.90. The number of aromatic nitrogens is 4. The monoisotopic (exact) mass is 328 g/mol. The summed E-state index contributed by atoms with van der Waals surface area (Å²) in [6.45, 7) is 6.94. The third kappa shape index (κ3) is 4.31. The van der Waals surface area contributed by atoms with Crippen LogP contribution in [0.1, 0.15) is 57.8 Å². The second-order valence-corrected chi connectivity index (χ2v) is 13.0. The van der Waals surface area contributed by atoms with Crippen molar-refractivity contribution < 1.29 is 0 Å². The van der Waals surface area contributed by atoms with Gasteiger partial charge in [0.25, 0.3) is 0 Å². The highest BCUT2D eigenvalue weighted by Crippen LogP contribution is 2.51. The lowest BCUT2D eigenvalue weighted by Crippen LogP contribution is -2.32. The summed E-state index contributed by atoms with van der Waals surface area (Å²) in [5, 5.41) is 16.3. The highest BCUT2D eigenvalue weighted by Gasteiger charge is 2.35. The van der Waals surface area contributed by atoms with Crippen molar-refractivity contribution in [2.24, 2.45) is 5.92 Å². The van der Waals surface area contributed by atoms with Crippen molar-refractivity contribution in [3.05, 3.63) is 11.4 Å². The lowest BCUT2D eigenvalue weighted by Gasteiger charge is -2.38. The van der Waals surface area contributed by atoms with Gasteiger partial charge in [0.05, 0.1) is 11.4 Å². The van der Waals surface area contributed by atoms with Gasteiger partial charge in [0.2, 0.25) is 0 Å². The van der Waals surface area contributed by atoms with E-state index < -0.39 is 9.06 Å². The van der Waals surface area contributed by atoms with Crippen LogP contribution in [0.15, 0.2) is 0 Å². The van der Waals surface area contributed by atoms with Crippen LogP contribution < -0.4 is 0 Å². The highest BCUT2D eigenvalue weighted by molar-refractivity contribution is 8.87. The molecule has 0 saturated heterocycles.